The molecule has 3 rings (SSSR count). The minimum absolute atomic E-state index is 0.0191. The van der Waals surface area contributed by atoms with Gasteiger partial charge in [-0.2, -0.15) is 0 Å². The van der Waals surface area contributed by atoms with Crippen molar-refractivity contribution in [2.45, 2.75) is 77.5 Å². The van der Waals surface area contributed by atoms with Crippen molar-refractivity contribution < 1.29 is 28.8 Å². The number of Topliss-reactive ketones (excluding diaryl/α,β-unsaturated/α-hetero) is 1. The van der Waals surface area contributed by atoms with Gasteiger partial charge in [0, 0.05) is 30.5 Å². The number of amides is 1. The quantitative estimate of drug-likeness (QED) is 0.443. The number of aliphatic hydroxyl groups excluding tert-OH is 1. The first-order valence-corrected chi connectivity index (χ1v) is 13.6. The average Bonchev–Trinajstić information content (AvgIpc) is 2.91. The molecule has 2 heterocycles. The molecule has 1 saturated heterocycles. The molecule has 1 aliphatic heterocycles. The lowest BCUT2D eigenvalue weighted by molar-refractivity contribution is -0.144. The van der Waals surface area contributed by atoms with Crippen molar-refractivity contribution in [2.75, 3.05) is 13.7 Å². The lowest BCUT2D eigenvalue weighted by Crippen LogP contribution is -2.52. The summed E-state index contributed by atoms with van der Waals surface area (Å²) >= 11 is 0. The van der Waals surface area contributed by atoms with E-state index >= 15 is 0 Å². The van der Waals surface area contributed by atoms with Gasteiger partial charge in [-0.15, -0.1) is 0 Å². The minimum atomic E-state index is -1.16. The van der Waals surface area contributed by atoms with Gasteiger partial charge in [-0.3, -0.25) is 19.3 Å². The van der Waals surface area contributed by atoms with E-state index in [2.05, 4.69) is 10.3 Å². The standard InChI is InChI=1S/C29H40BN3O6/c1-18(2)15-23(30-38-17-19(3)33(6)20(4)29(37)39-30)16-26(35)27(21(5)34)32-28(36)25-14-10-13-24(31-25)22-11-8-7-9-12-22/h7-14,18-21,23,27,34H,15-17H2,1-6H3,(H,32,36)/t19-,20-,21+,23+,27-/m0/s1. The zero-order valence-electron chi connectivity index (χ0n) is 23.7. The number of pyridine rings is 1. The second-order valence-electron chi connectivity index (χ2n) is 10.9. The normalized spacial score (nSPS) is 20.9. The lowest BCUT2D eigenvalue weighted by Gasteiger charge is -2.35. The molecule has 5 atom stereocenters. The van der Waals surface area contributed by atoms with E-state index in [-0.39, 0.29) is 29.9 Å². The van der Waals surface area contributed by atoms with Gasteiger partial charge in [0.15, 0.2) is 5.78 Å². The number of hydrogen-bond acceptors (Lipinski definition) is 8. The summed E-state index contributed by atoms with van der Waals surface area (Å²) in [5.74, 6) is -1.60. The number of aliphatic hydroxyl groups is 1. The topological polar surface area (TPSA) is 118 Å². The van der Waals surface area contributed by atoms with Gasteiger partial charge < -0.3 is 19.7 Å². The number of aromatic nitrogens is 1. The second kappa shape index (κ2) is 13.8. The largest absolute Gasteiger partial charge is 0.531 e. The highest BCUT2D eigenvalue weighted by Gasteiger charge is 2.41. The Morgan fingerprint density at radius 1 is 1.13 bits per heavy atom. The Hall–Kier alpha value is -3.08. The van der Waals surface area contributed by atoms with Gasteiger partial charge >= 0.3 is 13.1 Å². The number of ketones is 1. The molecule has 2 N–H and O–H groups in total. The molecule has 2 aromatic rings. The zero-order chi connectivity index (χ0) is 28.7. The fourth-order valence-corrected chi connectivity index (χ4v) is 4.68. The van der Waals surface area contributed by atoms with Crippen LogP contribution >= 0.6 is 0 Å². The molecule has 1 aromatic carbocycles. The summed E-state index contributed by atoms with van der Waals surface area (Å²) in [6.07, 6.45) is -0.626. The van der Waals surface area contributed by atoms with Crippen LogP contribution in [0.15, 0.2) is 48.5 Å². The first-order chi connectivity index (χ1) is 18.5. The first kappa shape index (κ1) is 30.5. The summed E-state index contributed by atoms with van der Waals surface area (Å²) in [6.45, 7) is 9.57. The van der Waals surface area contributed by atoms with E-state index in [0.717, 1.165) is 5.56 Å². The first-order valence-electron chi connectivity index (χ1n) is 13.6. The van der Waals surface area contributed by atoms with E-state index in [9.17, 15) is 19.5 Å². The molecule has 0 spiro atoms. The predicted molar refractivity (Wildman–Crippen MR) is 150 cm³/mol. The molecule has 1 amide bonds. The second-order valence-corrected chi connectivity index (χ2v) is 10.9. The van der Waals surface area contributed by atoms with Gasteiger partial charge in [0.05, 0.1) is 11.8 Å². The smallest absolute Gasteiger partial charge is 0.508 e. The number of nitrogens with one attached hydrogen (secondary N) is 1. The number of likely N-dealkylation sites (N-methyl/N-ethyl adjacent to an activating group) is 1. The van der Waals surface area contributed by atoms with Gasteiger partial charge in [-0.05, 0) is 52.3 Å². The Balaban J connectivity index is 1.76. The molecule has 39 heavy (non-hydrogen) atoms. The molecule has 1 fully saturated rings. The van der Waals surface area contributed by atoms with Crippen LogP contribution < -0.4 is 5.32 Å². The molecule has 0 aliphatic carbocycles. The third-order valence-electron chi connectivity index (χ3n) is 7.17. The molecule has 0 unspecified atom stereocenters. The Morgan fingerprint density at radius 2 is 1.82 bits per heavy atom. The summed E-state index contributed by atoms with van der Waals surface area (Å²) in [7, 11) is 0.937. The van der Waals surface area contributed by atoms with Crippen LogP contribution in [0.4, 0.5) is 0 Å². The summed E-state index contributed by atoms with van der Waals surface area (Å²) in [5.41, 5.74) is 1.62. The Kier molecular flexibility index (Phi) is 10.8. The molecule has 0 saturated carbocycles. The number of carbonyl (C=O) groups excluding carboxylic acids is 3. The van der Waals surface area contributed by atoms with Crippen molar-refractivity contribution in [2.24, 2.45) is 5.92 Å². The van der Waals surface area contributed by atoms with Gasteiger partial charge in [0.1, 0.15) is 17.8 Å². The molecule has 0 radical (unpaired) electrons. The predicted octanol–water partition coefficient (Wildman–Crippen LogP) is 3.37. The number of nitrogens with zero attached hydrogens (tertiary/aromatic N) is 2. The molecule has 9 nitrogen and oxygen atoms in total. The van der Waals surface area contributed by atoms with E-state index in [1.54, 1.807) is 25.1 Å². The molecule has 1 aliphatic rings. The Morgan fingerprint density at radius 3 is 2.46 bits per heavy atom. The summed E-state index contributed by atoms with van der Waals surface area (Å²) in [6, 6.07) is 12.9. The van der Waals surface area contributed by atoms with Crippen molar-refractivity contribution in [3.05, 3.63) is 54.2 Å². The monoisotopic (exact) mass is 537 g/mol. The zero-order valence-corrected chi connectivity index (χ0v) is 23.7. The van der Waals surface area contributed by atoms with Crippen LogP contribution in [0.1, 0.15) is 57.9 Å². The lowest BCUT2D eigenvalue weighted by atomic mass is 9.64. The maximum Gasteiger partial charge on any atom is 0.531 e. The number of carbonyl (C=O) groups is 3. The fraction of sp³-hybridized carbons (Fsp3) is 0.517. The van der Waals surface area contributed by atoms with E-state index in [1.165, 1.54) is 6.92 Å². The van der Waals surface area contributed by atoms with Crippen molar-refractivity contribution in [1.29, 1.82) is 0 Å². The van der Waals surface area contributed by atoms with Crippen LogP contribution in [0.3, 0.4) is 0 Å². The summed E-state index contributed by atoms with van der Waals surface area (Å²) in [4.78, 5) is 45.7. The van der Waals surface area contributed by atoms with Crippen molar-refractivity contribution in [1.82, 2.24) is 15.2 Å². The molecule has 0 bridgehead atoms. The molecule has 10 heteroatoms. The Bertz CT molecular complexity index is 1130. The van der Waals surface area contributed by atoms with Crippen LogP contribution in [0.2, 0.25) is 5.82 Å². The van der Waals surface area contributed by atoms with Crippen LogP contribution in [-0.4, -0.2) is 77.7 Å². The summed E-state index contributed by atoms with van der Waals surface area (Å²) < 4.78 is 11.7. The van der Waals surface area contributed by atoms with E-state index in [1.807, 2.05) is 63.1 Å². The highest BCUT2D eigenvalue weighted by molar-refractivity contribution is 6.49. The number of benzene rings is 1. The number of hydrogen-bond donors (Lipinski definition) is 2. The summed E-state index contributed by atoms with van der Waals surface area (Å²) in [5, 5.41) is 13.1. The molecular weight excluding hydrogens is 497 g/mol. The SMILES string of the molecule is CC(C)C[C@H](CC(=O)[C@@H](NC(=O)c1cccc(-c2ccccc2)n1)[C@@H](C)O)B1OC[C@H](C)N(C)[C@@H](C)C(=O)O1. The maximum atomic E-state index is 13.5. The maximum absolute atomic E-state index is 13.5. The Labute approximate surface area is 231 Å². The highest BCUT2D eigenvalue weighted by atomic mass is 16.6. The minimum Gasteiger partial charge on any atom is -0.508 e. The van der Waals surface area contributed by atoms with Crippen molar-refractivity contribution in [3.63, 3.8) is 0 Å². The third kappa shape index (κ3) is 8.21. The molecule has 210 valence electrons. The third-order valence-corrected chi connectivity index (χ3v) is 7.17. The van der Waals surface area contributed by atoms with Crippen LogP contribution in [0, 0.1) is 5.92 Å². The van der Waals surface area contributed by atoms with Crippen LogP contribution in [-0.2, 0) is 18.9 Å². The van der Waals surface area contributed by atoms with Gasteiger partial charge in [0.2, 0.25) is 0 Å². The average molecular weight is 537 g/mol. The van der Waals surface area contributed by atoms with E-state index < -0.39 is 43.0 Å². The van der Waals surface area contributed by atoms with E-state index in [4.69, 9.17) is 9.31 Å². The molecular formula is C29H40BN3O6. The van der Waals surface area contributed by atoms with Crippen molar-refractivity contribution >= 4 is 24.8 Å². The van der Waals surface area contributed by atoms with Crippen molar-refractivity contribution in [3.8, 4) is 11.3 Å². The highest BCUT2D eigenvalue weighted by Crippen LogP contribution is 2.29. The van der Waals surface area contributed by atoms with Gasteiger partial charge in [0.25, 0.3) is 5.91 Å². The fourth-order valence-electron chi connectivity index (χ4n) is 4.68. The number of rotatable bonds is 10. The van der Waals surface area contributed by atoms with Crippen LogP contribution in [0.5, 0.6) is 0 Å². The van der Waals surface area contributed by atoms with E-state index in [0.29, 0.717) is 18.7 Å². The van der Waals surface area contributed by atoms with Gasteiger partial charge in [-0.1, -0.05) is 50.2 Å². The molecule has 1 aromatic heterocycles. The van der Waals surface area contributed by atoms with Gasteiger partial charge in [-0.25, -0.2) is 4.98 Å². The van der Waals surface area contributed by atoms with Crippen LogP contribution in [0.25, 0.3) is 11.3 Å².